The SMILES string of the molecule is CCC(CCl)(Cc1cc(C)nn1C)c1ccccc1. The minimum atomic E-state index is -0.0109. The van der Waals surface area contributed by atoms with Gasteiger partial charge in [0.05, 0.1) is 5.69 Å². The van der Waals surface area contributed by atoms with Gasteiger partial charge in [-0.1, -0.05) is 37.3 Å². The van der Waals surface area contributed by atoms with Crippen molar-refractivity contribution in [3.63, 3.8) is 0 Å². The van der Waals surface area contributed by atoms with Gasteiger partial charge in [0, 0.05) is 30.5 Å². The largest absolute Gasteiger partial charge is 0.272 e. The second-order valence-corrected chi connectivity index (χ2v) is 5.48. The quantitative estimate of drug-likeness (QED) is 0.759. The van der Waals surface area contributed by atoms with Crippen LogP contribution in [-0.4, -0.2) is 15.7 Å². The lowest BCUT2D eigenvalue weighted by Crippen LogP contribution is -2.31. The molecule has 0 radical (unpaired) electrons. The van der Waals surface area contributed by atoms with E-state index in [2.05, 4.69) is 42.4 Å². The molecule has 19 heavy (non-hydrogen) atoms. The lowest BCUT2D eigenvalue weighted by atomic mass is 9.76. The predicted octanol–water partition coefficient (Wildman–Crippen LogP) is 3.86. The molecule has 0 saturated heterocycles. The van der Waals surface area contributed by atoms with Gasteiger partial charge in [-0.2, -0.15) is 5.10 Å². The molecule has 1 aromatic heterocycles. The second-order valence-electron chi connectivity index (χ2n) is 5.21. The molecule has 102 valence electrons. The van der Waals surface area contributed by atoms with Crippen LogP contribution in [0.5, 0.6) is 0 Å². The number of nitrogens with zero attached hydrogens (tertiary/aromatic N) is 2. The van der Waals surface area contributed by atoms with Crippen molar-refractivity contribution in [2.45, 2.75) is 32.1 Å². The van der Waals surface area contributed by atoms with Crippen LogP contribution in [0.4, 0.5) is 0 Å². The summed E-state index contributed by atoms with van der Waals surface area (Å²) < 4.78 is 1.97. The summed E-state index contributed by atoms with van der Waals surface area (Å²) in [5, 5.41) is 4.43. The number of benzene rings is 1. The summed E-state index contributed by atoms with van der Waals surface area (Å²) in [7, 11) is 2.00. The Morgan fingerprint density at radius 3 is 2.42 bits per heavy atom. The van der Waals surface area contributed by atoms with Crippen LogP contribution in [0.1, 0.15) is 30.3 Å². The van der Waals surface area contributed by atoms with Crippen LogP contribution in [0.15, 0.2) is 36.4 Å². The number of aromatic nitrogens is 2. The monoisotopic (exact) mass is 276 g/mol. The summed E-state index contributed by atoms with van der Waals surface area (Å²) in [5.74, 6) is 0.623. The first-order valence-electron chi connectivity index (χ1n) is 6.72. The molecule has 0 aliphatic carbocycles. The van der Waals surface area contributed by atoms with Gasteiger partial charge in [0.15, 0.2) is 0 Å². The zero-order valence-corrected chi connectivity index (χ0v) is 12.6. The van der Waals surface area contributed by atoms with E-state index in [1.807, 2.05) is 24.7 Å². The maximum atomic E-state index is 6.34. The van der Waals surface area contributed by atoms with Crippen LogP contribution in [0.25, 0.3) is 0 Å². The lowest BCUT2D eigenvalue weighted by molar-refractivity contribution is 0.443. The molecule has 1 aromatic carbocycles. The van der Waals surface area contributed by atoms with Crippen molar-refractivity contribution in [2.75, 3.05) is 5.88 Å². The number of halogens is 1. The fourth-order valence-electron chi connectivity index (χ4n) is 2.62. The number of alkyl halides is 1. The van der Waals surface area contributed by atoms with Gasteiger partial charge >= 0.3 is 0 Å². The summed E-state index contributed by atoms with van der Waals surface area (Å²) in [4.78, 5) is 0. The maximum absolute atomic E-state index is 6.34. The van der Waals surface area contributed by atoms with Crippen molar-refractivity contribution < 1.29 is 0 Å². The third-order valence-electron chi connectivity index (χ3n) is 3.94. The molecule has 0 aliphatic heterocycles. The highest BCUT2D eigenvalue weighted by atomic mass is 35.5. The van der Waals surface area contributed by atoms with Gasteiger partial charge < -0.3 is 0 Å². The highest BCUT2D eigenvalue weighted by Crippen LogP contribution is 2.33. The van der Waals surface area contributed by atoms with Crippen molar-refractivity contribution >= 4 is 11.6 Å². The fraction of sp³-hybridized carbons (Fsp3) is 0.438. The Kier molecular flexibility index (Phi) is 4.31. The average Bonchev–Trinajstić information content (AvgIpc) is 2.75. The van der Waals surface area contributed by atoms with Crippen molar-refractivity contribution in [1.82, 2.24) is 9.78 Å². The molecule has 0 amide bonds. The first kappa shape index (κ1) is 14.1. The van der Waals surface area contributed by atoms with E-state index in [4.69, 9.17) is 11.6 Å². The standard InChI is InChI=1S/C16H21ClN2/c1-4-16(12-17,14-8-6-5-7-9-14)11-15-10-13(2)18-19(15)3/h5-10H,4,11-12H2,1-3H3. The maximum Gasteiger partial charge on any atom is 0.0596 e. The molecule has 0 saturated carbocycles. The van der Waals surface area contributed by atoms with E-state index in [0.29, 0.717) is 5.88 Å². The Labute approximate surface area is 120 Å². The fourth-order valence-corrected chi connectivity index (χ4v) is 3.06. The summed E-state index contributed by atoms with van der Waals surface area (Å²) in [6, 6.07) is 12.7. The topological polar surface area (TPSA) is 17.8 Å². The lowest BCUT2D eigenvalue weighted by Gasteiger charge is -2.31. The van der Waals surface area contributed by atoms with E-state index in [-0.39, 0.29) is 5.41 Å². The van der Waals surface area contributed by atoms with Gasteiger partial charge in [-0.3, -0.25) is 4.68 Å². The molecule has 3 heteroatoms. The summed E-state index contributed by atoms with van der Waals surface area (Å²) in [6.07, 6.45) is 1.94. The van der Waals surface area contributed by atoms with Gasteiger partial charge in [-0.05, 0) is 25.0 Å². The minimum Gasteiger partial charge on any atom is -0.272 e. The Bertz CT molecular complexity index is 527. The van der Waals surface area contributed by atoms with Crippen molar-refractivity contribution in [3.05, 3.63) is 53.3 Å². The molecule has 0 N–H and O–H groups in total. The number of rotatable bonds is 5. The van der Waals surface area contributed by atoms with Crippen LogP contribution in [0.2, 0.25) is 0 Å². The van der Waals surface area contributed by atoms with Crippen LogP contribution in [0.3, 0.4) is 0 Å². The summed E-state index contributed by atoms with van der Waals surface area (Å²) in [6.45, 7) is 4.24. The zero-order chi connectivity index (χ0) is 13.9. The van der Waals surface area contributed by atoms with Gasteiger partial charge in [0.2, 0.25) is 0 Å². The molecule has 2 nitrogen and oxygen atoms in total. The first-order valence-corrected chi connectivity index (χ1v) is 7.26. The van der Waals surface area contributed by atoms with E-state index in [1.54, 1.807) is 0 Å². The molecule has 2 aromatic rings. The van der Waals surface area contributed by atoms with E-state index in [9.17, 15) is 0 Å². The summed E-state index contributed by atoms with van der Waals surface area (Å²) in [5.41, 5.74) is 3.60. The minimum absolute atomic E-state index is 0.0109. The predicted molar refractivity (Wildman–Crippen MR) is 80.8 cm³/mol. The van der Waals surface area contributed by atoms with Crippen molar-refractivity contribution in [2.24, 2.45) is 7.05 Å². The molecular formula is C16H21ClN2. The Morgan fingerprint density at radius 2 is 1.95 bits per heavy atom. The molecule has 2 rings (SSSR count). The van der Waals surface area contributed by atoms with Gasteiger partial charge in [-0.25, -0.2) is 0 Å². The van der Waals surface area contributed by atoms with Crippen LogP contribution >= 0.6 is 11.6 Å². The Balaban J connectivity index is 2.38. The molecule has 0 aliphatic rings. The highest BCUT2D eigenvalue weighted by Gasteiger charge is 2.30. The molecule has 1 unspecified atom stereocenters. The summed E-state index contributed by atoms with van der Waals surface area (Å²) >= 11 is 6.34. The van der Waals surface area contributed by atoms with Crippen LogP contribution in [0, 0.1) is 6.92 Å². The molecule has 1 atom stereocenters. The number of hydrogen-bond donors (Lipinski definition) is 0. The van der Waals surface area contributed by atoms with Gasteiger partial charge in [0.25, 0.3) is 0 Å². The highest BCUT2D eigenvalue weighted by molar-refractivity contribution is 6.18. The smallest absolute Gasteiger partial charge is 0.0596 e. The first-order chi connectivity index (χ1) is 9.11. The van der Waals surface area contributed by atoms with Crippen LogP contribution < -0.4 is 0 Å². The Morgan fingerprint density at radius 1 is 1.26 bits per heavy atom. The van der Waals surface area contributed by atoms with Crippen molar-refractivity contribution in [1.29, 1.82) is 0 Å². The molecule has 0 spiro atoms. The molecule has 0 fully saturated rings. The van der Waals surface area contributed by atoms with Crippen LogP contribution in [-0.2, 0) is 18.9 Å². The molecular weight excluding hydrogens is 256 g/mol. The van der Waals surface area contributed by atoms with E-state index >= 15 is 0 Å². The second kappa shape index (κ2) is 5.79. The molecule has 1 heterocycles. The third-order valence-corrected chi connectivity index (χ3v) is 4.45. The third kappa shape index (κ3) is 2.84. The molecule has 0 bridgehead atoms. The zero-order valence-electron chi connectivity index (χ0n) is 11.9. The number of aryl methyl sites for hydroxylation is 2. The Hall–Kier alpha value is -1.28. The normalized spacial score (nSPS) is 14.3. The van der Waals surface area contributed by atoms with Gasteiger partial charge in [-0.15, -0.1) is 11.6 Å². The number of hydrogen-bond acceptors (Lipinski definition) is 1. The van der Waals surface area contributed by atoms with Crippen molar-refractivity contribution in [3.8, 4) is 0 Å². The average molecular weight is 277 g/mol. The van der Waals surface area contributed by atoms with E-state index < -0.39 is 0 Å². The van der Waals surface area contributed by atoms with E-state index in [0.717, 1.165) is 18.5 Å². The van der Waals surface area contributed by atoms with Gasteiger partial charge in [0.1, 0.15) is 0 Å². The van der Waals surface area contributed by atoms with E-state index in [1.165, 1.54) is 11.3 Å².